The van der Waals surface area contributed by atoms with E-state index >= 15 is 0 Å². The van der Waals surface area contributed by atoms with Gasteiger partial charge in [-0.1, -0.05) is 0 Å². The number of aryl methyl sites for hydroxylation is 1. The van der Waals surface area contributed by atoms with Crippen molar-refractivity contribution in [2.45, 2.75) is 46.1 Å². The van der Waals surface area contributed by atoms with Gasteiger partial charge in [0.05, 0.1) is 11.2 Å². The Kier molecular flexibility index (Phi) is 5.75. The second-order valence-electron chi connectivity index (χ2n) is 5.41. The molecule has 0 fully saturated rings. The fraction of sp³-hybridized carbons (Fsp3) is 0.692. The molecular formula is C13H23N3OS. The summed E-state index contributed by atoms with van der Waals surface area (Å²) in [4.78, 5) is 17.1. The van der Waals surface area contributed by atoms with Crippen molar-refractivity contribution in [1.29, 1.82) is 0 Å². The number of nitrogens with zero attached hydrogens (tertiary/aromatic N) is 1. The highest BCUT2D eigenvalue weighted by Crippen LogP contribution is 2.11. The summed E-state index contributed by atoms with van der Waals surface area (Å²) >= 11 is 1.69. The molecule has 102 valence electrons. The van der Waals surface area contributed by atoms with E-state index in [1.165, 1.54) is 4.88 Å². The van der Waals surface area contributed by atoms with Crippen LogP contribution >= 0.6 is 11.3 Å². The van der Waals surface area contributed by atoms with Gasteiger partial charge in [-0.15, -0.1) is 11.3 Å². The molecule has 0 bridgehead atoms. The van der Waals surface area contributed by atoms with Crippen LogP contribution in [-0.2, 0) is 11.2 Å². The summed E-state index contributed by atoms with van der Waals surface area (Å²) in [5, 5.41) is 6.23. The Labute approximate surface area is 113 Å². The average molecular weight is 269 g/mol. The Hall–Kier alpha value is -0.940. The van der Waals surface area contributed by atoms with Crippen LogP contribution < -0.4 is 10.6 Å². The number of thiazole rings is 1. The van der Waals surface area contributed by atoms with Gasteiger partial charge in [0.25, 0.3) is 0 Å². The van der Waals surface area contributed by atoms with Gasteiger partial charge >= 0.3 is 0 Å². The fourth-order valence-corrected chi connectivity index (χ4v) is 2.36. The summed E-state index contributed by atoms with van der Waals surface area (Å²) in [6.07, 6.45) is 1.51. The van der Waals surface area contributed by atoms with Crippen molar-refractivity contribution in [1.82, 2.24) is 15.6 Å². The third-order valence-corrected chi connectivity index (χ3v) is 3.41. The molecule has 1 amide bonds. The predicted octanol–water partition coefficient (Wildman–Crippen LogP) is 1.89. The highest BCUT2D eigenvalue weighted by Gasteiger charge is 2.12. The van der Waals surface area contributed by atoms with Gasteiger partial charge in [-0.25, -0.2) is 4.98 Å². The van der Waals surface area contributed by atoms with Gasteiger partial charge in [-0.05, 0) is 34.1 Å². The number of aromatic nitrogens is 1. The number of carbonyl (C=O) groups excluding carboxylic acids is 1. The lowest BCUT2D eigenvalue weighted by Gasteiger charge is -2.20. The zero-order chi connectivity index (χ0) is 13.6. The maximum atomic E-state index is 11.5. The van der Waals surface area contributed by atoms with E-state index in [1.807, 2.05) is 33.2 Å². The molecule has 18 heavy (non-hydrogen) atoms. The van der Waals surface area contributed by atoms with Gasteiger partial charge < -0.3 is 10.6 Å². The number of amides is 1. The summed E-state index contributed by atoms with van der Waals surface area (Å²) < 4.78 is 0. The maximum absolute atomic E-state index is 11.5. The molecular weight excluding hydrogens is 246 g/mol. The van der Waals surface area contributed by atoms with E-state index in [1.54, 1.807) is 11.3 Å². The zero-order valence-corrected chi connectivity index (χ0v) is 12.5. The first-order chi connectivity index (χ1) is 8.38. The van der Waals surface area contributed by atoms with E-state index in [2.05, 4.69) is 15.6 Å². The minimum atomic E-state index is -0.142. The first-order valence-corrected chi connectivity index (χ1v) is 7.17. The molecule has 0 aliphatic heterocycles. The number of hydrogen-bond acceptors (Lipinski definition) is 4. The molecule has 0 radical (unpaired) electrons. The molecule has 0 saturated carbocycles. The molecule has 0 spiro atoms. The molecule has 1 rings (SSSR count). The summed E-state index contributed by atoms with van der Waals surface area (Å²) in [7, 11) is 0. The molecule has 4 nitrogen and oxygen atoms in total. The Balaban J connectivity index is 2.09. The SMILES string of the molecule is Cc1ncsc1CCNCCC(=O)NC(C)(C)C. The monoisotopic (exact) mass is 269 g/mol. The molecule has 0 atom stereocenters. The standard InChI is InChI=1S/C13H23N3OS/c1-10-11(18-9-15-10)5-7-14-8-6-12(17)16-13(2,3)4/h9,14H,5-8H2,1-4H3,(H,16,17). The largest absolute Gasteiger partial charge is 0.351 e. The van der Waals surface area contributed by atoms with Gasteiger partial charge in [0.15, 0.2) is 0 Å². The molecule has 0 aliphatic carbocycles. The quantitative estimate of drug-likeness (QED) is 0.775. The van der Waals surface area contributed by atoms with E-state index in [0.29, 0.717) is 6.42 Å². The summed E-state index contributed by atoms with van der Waals surface area (Å²) in [5.41, 5.74) is 2.85. The number of hydrogen-bond donors (Lipinski definition) is 2. The van der Waals surface area contributed by atoms with Gasteiger partial charge in [-0.2, -0.15) is 0 Å². The lowest BCUT2D eigenvalue weighted by molar-refractivity contribution is -0.122. The Bertz CT molecular complexity index is 382. The first-order valence-electron chi connectivity index (χ1n) is 6.29. The molecule has 2 N–H and O–H groups in total. The first kappa shape index (κ1) is 15.1. The second-order valence-corrected chi connectivity index (χ2v) is 6.35. The third-order valence-electron chi connectivity index (χ3n) is 2.42. The topological polar surface area (TPSA) is 54.0 Å². The van der Waals surface area contributed by atoms with Crippen molar-refractivity contribution < 1.29 is 4.79 Å². The third kappa shape index (κ3) is 6.12. The van der Waals surface area contributed by atoms with E-state index < -0.39 is 0 Å². The Morgan fingerprint density at radius 3 is 2.67 bits per heavy atom. The molecule has 5 heteroatoms. The molecule has 1 heterocycles. The lowest BCUT2D eigenvalue weighted by atomic mass is 10.1. The smallest absolute Gasteiger partial charge is 0.221 e. The molecule has 0 aliphatic rings. The minimum absolute atomic E-state index is 0.101. The summed E-state index contributed by atoms with van der Waals surface area (Å²) in [6, 6.07) is 0. The summed E-state index contributed by atoms with van der Waals surface area (Å²) in [6.45, 7) is 9.62. The van der Waals surface area contributed by atoms with Crippen LogP contribution in [0.2, 0.25) is 0 Å². The highest BCUT2D eigenvalue weighted by atomic mass is 32.1. The number of nitrogens with one attached hydrogen (secondary N) is 2. The van der Waals surface area contributed by atoms with Crippen molar-refractivity contribution in [2.75, 3.05) is 13.1 Å². The van der Waals surface area contributed by atoms with Crippen molar-refractivity contribution in [3.8, 4) is 0 Å². The summed E-state index contributed by atoms with van der Waals surface area (Å²) in [5.74, 6) is 0.101. The molecule has 0 aromatic carbocycles. The Morgan fingerprint density at radius 2 is 2.11 bits per heavy atom. The van der Waals surface area contributed by atoms with Gasteiger partial charge in [0.1, 0.15) is 0 Å². The van der Waals surface area contributed by atoms with Crippen LogP contribution in [0.15, 0.2) is 5.51 Å². The second kappa shape index (κ2) is 6.85. The number of rotatable bonds is 6. The highest BCUT2D eigenvalue weighted by molar-refractivity contribution is 7.09. The van der Waals surface area contributed by atoms with E-state index in [9.17, 15) is 4.79 Å². The lowest BCUT2D eigenvalue weighted by Crippen LogP contribution is -2.41. The average Bonchev–Trinajstić information content (AvgIpc) is 2.61. The molecule has 0 unspecified atom stereocenters. The van der Waals surface area contributed by atoms with Crippen LogP contribution in [0.1, 0.15) is 37.8 Å². The molecule has 1 aromatic heterocycles. The van der Waals surface area contributed by atoms with Crippen LogP contribution in [0.4, 0.5) is 0 Å². The van der Waals surface area contributed by atoms with Crippen LogP contribution in [0.5, 0.6) is 0 Å². The number of carbonyl (C=O) groups is 1. The van der Waals surface area contributed by atoms with Gasteiger partial charge in [-0.3, -0.25) is 4.79 Å². The van der Waals surface area contributed by atoms with Gasteiger partial charge in [0.2, 0.25) is 5.91 Å². The maximum Gasteiger partial charge on any atom is 0.221 e. The van der Waals surface area contributed by atoms with Gasteiger partial charge in [0, 0.05) is 29.9 Å². The van der Waals surface area contributed by atoms with Crippen LogP contribution in [0, 0.1) is 6.92 Å². The normalized spacial score (nSPS) is 11.6. The van der Waals surface area contributed by atoms with E-state index in [-0.39, 0.29) is 11.4 Å². The minimum Gasteiger partial charge on any atom is -0.351 e. The zero-order valence-electron chi connectivity index (χ0n) is 11.7. The van der Waals surface area contributed by atoms with Crippen LogP contribution in [0.25, 0.3) is 0 Å². The molecule has 0 saturated heterocycles. The predicted molar refractivity (Wildman–Crippen MR) is 75.9 cm³/mol. The van der Waals surface area contributed by atoms with Crippen molar-refractivity contribution in [3.05, 3.63) is 16.1 Å². The van der Waals surface area contributed by atoms with Crippen LogP contribution in [0.3, 0.4) is 0 Å². The Morgan fingerprint density at radius 1 is 1.39 bits per heavy atom. The van der Waals surface area contributed by atoms with E-state index in [4.69, 9.17) is 0 Å². The fourth-order valence-electron chi connectivity index (χ4n) is 1.58. The van der Waals surface area contributed by atoms with Crippen molar-refractivity contribution in [3.63, 3.8) is 0 Å². The van der Waals surface area contributed by atoms with Crippen molar-refractivity contribution >= 4 is 17.2 Å². The van der Waals surface area contributed by atoms with E-state index in [0.717, 1.165) is 25.2 Å². The molecule has 1 aromatic rings. The van der Waals surface area contributed by atoms with Crippen molar-refractivity contribution in [2.24, 2.45) is 0 Å². The van der Waals surface area contributed by atoms with Crippen LogP contribution in [-0.4, -0.2) is 29.5 Å².